The third kappa shape index (κ3) is 3.84. The summed E-state index contributed by atoms with van der Waals surface area (Å²) in [6.07, 6.45) is 0.582. The monoisotopic (exact) mass is 253 g/mol. The second-order valence-corrected chi connectivity index (χ2v) is 3.86. The van der Waals surface area contributed by atoms with Gasteiger partial charge in [-0.25, -0.2) is 4.39 Å². The van der Waals surface area contributed by atoms with E-state index in [1.54, 1.807) is 0 Å². The van der Waals surface area contributed by atoms with E-state index in [4.69, 9.17) is 4.74 Å². The van der Waals surface area contributed by atoms with Crippen LogP contribution in [0.1, 0.15) is 30.6 Å². The first-order valence-corrected chi connectivity index (χ1v) is 5.77. The fourth-order valence-electron chi connectivity index (χ4n) is 1.32. The Morgan fingerprint density at radius 2 is 2.28 bits per heavy atom. The second-order valence-electron chi connectivity index (χ2n) is 3.86. The predicted molar refractivity (Wildman–Crippen MR) is 65.2 cm³/mol. The predicted octanol–water partition coefficient (Wildman–Crippen LogP) is 1.93. The van der Waals surface area contributed by atoms with Crippen molar-refractivity contribution in [2.45, 2.75) is 26.4 Å². The van der Waals surface area contributed by atoms with E-state index in [1.807, 2.05) is 6.92 Å². The Balaban J connectivity index is 2.66. The summed E-state index contributed by atoms with van der Waals surface area (Å²) in [5, 5.41) is 2.65. The van der Waals surface area contributed by atoms with E-state index in [-0.39, 0.29) is 17.2 Å². The number of halogens is 1. The van der Waals surface area contributed by atoms with Gasteiger partial charge in [0.2, 0.25) is 0 Å². The van der Waals surface area contributed by atoms with E-state index in [0.29, 0.717) is 12.8 Å². The molecule has 0 heterocycles. The van der Waals surface area contributed by atoms with Gasteiger partial charge >= 0.3 is 0 Å². The Morgan fingerprint density at radius 3 is 2.83 bits per heavy atom. The average Bonchev–Trinajstić information content (AvgIpc) is 2.38. The van der Waals surface area contributed by atoms with Crippen molar-refractivity contribution in [2.24, 2.45) is 0 Å². The standard InChI is InChI=1S/C13H16FNO3/c1-3-6-15-13(17)9(2)18-12-5-4-10(8-16)7-11(12)14/h4-5,7-9H,3,6H2,1-2H3,(H,15,17). The van der Waals surface area contributed by atoms with Crippen LogP contribution >= 0.6 is 0 Å². The number of ether oxygens (including phenoxy) is 1. The first kappa shape index (κ1) is 14.2. The van der Waals surface area contributed by atoms with Crippen molar-refractivity contribution in [1.82, 2.24) is 5.32 Å². The van der Waals surface area contributed by atoms with E-state index in [1.165, 1.54) is 19.1 Å². The molecule has 1 aromatic rings. The quantitative estimate of drug-likeness (QED) is 0.788. The lowest BCUT2D eigenvalue weighted by Crippen LogP contribution is -2.36. The van der Waals surface area contributed by atoms with Gasteiger partial charge in [-0.15, -0.1) is 0 Å². The summed E-state index contributed by atoms with van der Waals surface area (Å²) in [6, 6.07) is 3.84. The van der Waals surface area contributed by atoms with Crippen LogP contribution in [0.5, 0.6) is 5.75 Å². The summed E-state index contributed by atoms with van der Waals surface area (Å²) in [4.78, 5) is 22.0. The lowest BCUT2D eigenvalue weighted by Gasteiger charge is -2.14. The maximum atomic E-state index is 13.5. The highest BCUT2D eigenvalue weighted by Crippen LogP contribution is 2.19. The lowest BCUT2D eigenvalue weighted by atomic mass is 10.2. The third-order valence-electron chi connectivity index (χ3n) is 2.31. The van der Waals surface area contributed by atoms with Crippen molar-refractivity contribution >= 4 is 12.2 Å². The Morgan fingerprint density at radius 1 is 1.56 bits per heavy atom. The Labute approximate surface area is 105 Å². The summed E-state index contributed by atoms with van der Waals surface area (Å²) in [7, 11) is 0. The minimum Gasteiger partial charge on any atom is -0.478 e. The van der Waals surface area contributed by atoms with Gasteiger partial charge in [-0.1, -0.05) is 6.92 Å². The minimum atomic E-state index is -0.784. The van der Waals surface area contributed by atoms with Gasteiger partial charge in [0.1, 0.15) is 6.29 Å². The molecule has 1 unspecified atom stereocenters. The molecule has 0 spiro atoms. The maximum Gasteiger partial charge on any atom is 0.260 e. The number of amides is 1. The zero-order valence-electron chi connectivity index (χ0n) is 10.4. The van der Waals surface area contributed by atoms with Crippen LogP contribution < -0.4 is 10.1 Å². The number of aldehydes is 1. The Bertz CT molecular complexity index is 434. The van der Waals surface area contributed by atoms with Gasteiger partial charge in [-0.2, -0.15) is 0 Å². The molecule has 5 heteroatoms. The fraction of sp³-hybridized carbons (Fsp3) is 0.385. The van der Waals surface area contributed by atoms with Crippen molar-refractivity contribution in [2.75, 3.05) is 6.54 Å². The zero-order valence-corrected chi connectivity index (χ0v) is 10.4. The van der Waals surface area contributed by atoms with Crippen molar-refractivity contribution < 1.29 is 18.7 Å². The van der Waals surface area contributed by atoms with Crippen LogP contribution in [0.15, 0.2) is 18.2 Å². The van der Waals surface area contributed by atoms with E-state index in [9.17, 15) is 14.0 Å². The van der Waals surface area contributed by atoms with Gasteiger partial charge in [0.15, 0.2) is 17.7 Å². The summed E-state index contributed by atoms with van der Waals surface area (Å²) in [5.74, 6) is -0.995. The SMILES string of the molecule is CCCNC(=O)C(C)Oc1ccc(C=O)cc1F. The molecular formula is C13H16FNO3. The van der Waals surface area contributed by atoms with Gasteiger partial charge in [0.25, 0.3) is 5.91 Å². The molecule has 98 valence electrons. The molecule has 0 radical (unpaired) electrons. The molecule has 1 aromatic carbocycles. The number of benzene rings is 1. The van der Waals surface area contributed by atoms with Gasteiger partial charge in [-0.3, -0.25) is 9.59 Å². The van der Waals surface area contributed by atoms with Crippen molar-refractivity contribution in [1.29, 1.82) is 0 Å². The fourth-order valence-corrected chi connectivity index (χ4v) is 1.32. The van der Waals surface area contributed by atoms with Crippen LogP contribution in [0, 0.1) is 5.82 Å². The van der Waals surface area contributed by atoms with Crippen molar-refractivity contribution in [3.63, 3.8) is 0 Å². The molecule has 1 N–H and O–H groups in total. The lowest BCUT2D eigenvalue weighted by molar-refractivity contribution is -0.127. The van der Waals surface area contributed by atoms with Crippen molar-refractivity contribution in [3.8, 4) is 5.75 Å². The summed E-state index contributed by atoms with van der Waals surface area (Å²) in [5.41, 5.74) is 0.225. The molecule has 0 aliphatic rings. The highest BCUT2D eigenvalue weighted by atomic mass is 19.1. The Hall–Kier alpha value is -1.91. The molecule has 4 nitrogen and oxygen atoms in total. The van der Waals surface area contributed by atoms with Crippen LogP contribution in [0.2, 0.25) is 0 Å². The third-order valence-corrected chi connectivity index (χ3v) is 2.31. The molecular weight excluding hydrogens is 237 g/mol. The zero-order chi connectivity index (χ0) is 13.5. The molecule has 1 amide bonds. The number of hydrogen-bond donors (Lipinski definition) is 1. The first-order chi connectivity index (χ1) is 8.58. The summed E-state index contributed by atoms with van der Waals surface area (Å²) < 4.78 is 18.7. The molecule has 1 rings (SSSR count). The van der Waals surface area contributed by atoms with Crippen LogP contribution in [0.25, 0.3) is 0 Å². The summed E-state index contributed by atoms with van der Waals surface area (Å²) in [6.45, 7) is 4.03. The average molecular weight is 253 g/mol. The van der Waals surface area contributed by atoms with Gasteiger partial charge in [-0.05, 0) is 31.5 Å². The molecule has 0 aliphatic heterocycles. The molecule has 0 saturated heterocycles. The molecule has 0 saturated carbocycles. The minimum absolute atomic E-state index is 0.0419. The van der Waals surface area contributed by atoms with Crippen LogP contribution in [0.3, 0.4) is 0 Å². The first-order valence-electron chi connectivity index (χ1n) is 5.77. The molecule has 0 bridgehead atoms. The van der Waals surface area contributed by atoms with Gasteiger partial charge in [0.05, 0.1) is 0 Å². The van der Waals surface area contributed by atoms with Crippen LogP contribution in [-0.2, 0) is 4.79 Å². The molecule has 0 aliphatic carbocycles. The normalized spacial score (nSPS) is 11.7. The summed E-state index contributed by atoms with van der Waals surface area (Å²) >= 11 is 0. The number of carbonyl (C=O) groups is 2. The van der Waals surface area contributed by atoms with E-state index < -0.39 is 11.9 Å². The number of hydrogen-bond acceptors (Lipinski definition) is 3. The maximum absolute atomic E-state index is 13.5. The smallest absolute Gasteiger partial charge is 0.260 e. The van der Waals surface area contributed by atoms with Crippen LogP contribution in [-0.4, -0.2) is 24.8 Å². The highest BCUT2D eigenvalue weighted by Gasteiger charge is 2.16. The molecule has 1 atom stereocenters. The van der Waals surface area contributed by atoms with Crippen molar-refractivity contribution in [3.05, 3.63) is 29.6 Å². The second kappa shape index (κ2) is 6.74. The highest BCUT2D eigenvalue weighted by molar-refractivity contribution is 5.80. The van der Waals surface area contributed by atoms with E-state index >= 15 is 0 Å². The van der Waals surface area contributed by atoms with E-state index in [0.717, 1.165) is 12.5 Å². The molecule has 18 heavy (non-hydrogen) atoms. The largest absolute Gasteiger partial charge is 0.478 e. The topological polar surface area (TPSA) is 55.4 Å². The number of rotatable bonds is 6. The number of nitrogens with one attached hydrogen (secondary N) is 1. The number of carbonyl (C=O) groups excluding carboxylic acids is 2. The van der Waals surface area contributed by atoms with Crippen LogP contribution in [0.4, 0.5) is 4.39 Å². The Kier molecular flexibility index (Phi) is 5.30. The van der Waals surface area contributed by atoms with Gasteiger partial charge < -0.3 is 10.1 Å². The van der Waals surface area contributed by atoms with Gasteiger partial charge in [0, 0.05) is 12.1 Å². The van der Waals surface area contributed by atoms with E-state index in [2.05, 4.69) is 5.32 Å². The molecule has 0 fully saturated rings. The molecule has 0 aromatic heterocycles.